The summed E-state index contributed by atoms with van der Waals surface area (Å²) in [6.45, 7) is 1.39. The van der Waals surface area contributed by atoms with Crippen LogP contribution in [0.4, 0.5) is 61.5 Å². The lowest BCUT2D eigenvalue weighted by Crippen LogP contribution is -2.55. The summed E-state index contributed by atoms with van der Waals surface area (Å²) in [5.41, 5.74) is 0. The van der Waals surface area contributed by atoms with E-state index >= 15 is 0 Å². The Kier molecular flexibility index (Phi) is 13.0. The van der Waals surface area contributed by atoms with Gasteiger partial charge in [0.2, 0.25) is 0 Å². The normalized spacial score (nSPS) is 15.4. The van der Waals surface area contributed by atoms with Gasteiger partial charge in [-0.25, -0.2) is 0 Å². The monoisotopic (exact) mass is 604 g/mol. The molecule has 8 nitrogen and oxygen atoms in total. The van der Waals surface area contributed by atoms with Gasteiger partial charge in [0.25, 0.3) is 20.2 Å². The first-order chi connectivity index (χ1) is 14.7. The van der Waals surface area contributed by atoms with E-state index in [0.29, 0.717) is 0 Å². The number of aliphatic hydroxyl groups excluding tert-OH is 2. The number of rotatable bonds is 7. The molecule has 35 heavy (non-hydrogen) atoms. The topological polar surface area (TPSA) is 149 Å². The van der Waals surface area contributed by atoms with Crippen LogP contribution >= 0.6 is 0 Å². The first kappa shape index (κ1) is 38.3. The van der Waals surface area contributed by atoms with Crippen LogP contribution in [0.3, 0.4) is 0 Å². The fraction of sp³-hybridized carbons (Fsp3) is 1.00. The third kappa shape index (κ3) is 13.0. The molecule has 0 spiro atoms. The lowest BCUT2D eigenvalue weighted by atomic mass is 10.2. The highest BCUT2D eigenvalue weighted by molar-refractivity contribution is 7.86. The third-order valence-corrected chi connectivity index (χ3v) is 4.08. The molecule has 0 aromatic heterocycles. The molecule has 1 unspecified atom stereocenters. The number of hydrogen-bond acceptors (Lipinski definition) is 6. The minimum Gasteiger partial charge on any atom is -0.394 e. The number of aliphatic hydroxyl groups is 2. The quantitative estimate of drug-likeness (QED) is 0.256. The summed E-state index contributed by atoms with van der Waals surface area (Å²) in [7, 11) is -11.3. The molecule has 0 saturated carbocycles. The summed E-state index contributed by atoms with van der Waals surface area (Å²) in [6.07, 6.45) is -13.8. The second-order valence-electron chi connectivity index (χ2n) is 6.04. The largest absolute Gasteiger partial charge is 0.459 e. The highest BCUT2D eigenvalue weighted by Gasteiger charge is 2.74. The average Bonchev–Trinajstić information content (AvgIpc) is 2.48. The van der Waals surface area contributed by atoms with Gasteiger partial charge in [-0.05, 0) is 6.92 Å². The Balaban J connectivity index is -0.000000491. The van der Waals surface area contributed by atoms with E-state index in [0.717, 1.165) is 0 Å². The summed E-state index contributed by atoms with van der Waals surface area (Å²) < 4.78 is 220. The molecular formula is C11H14F14O8S2. The zero-order chi connectivity index (χ0) is 29.7. The Hall–Kier alpha value is -1.24. The van der Waals surface area contributed by atoms with E-state index < -0.39 is 73.9 Å². The fourth-order valence-electron chi connectivity index (χ4n) is 1.05. The maximum atomic E-state index is 12.2. The molecule has 0 radical (unpaired) electrons. The minimum absolute atomic E-state index is 0.139. The predicted octanol–water partition coefficient (Wildman–Crippen LogP) is 2.77. The van der Waals surface area contributed by atoms with Gasteiger partial charge in [0, 0.05) is 0 Å². The van der Waals surface area contributed by atoms with Crippen LogP contribution in [0.2, 0.25) is 0 Å². The second kappa shape index (κ2) is 11.9. The molecule has 0 aliphatic rings. The van der Waals surface area contributed by atoms with Crippen molar-refractivity contribution in [1.82, 2.24) is 0 Å². The van der Waals surface area contributed by atoms with Crippen LogP contribution in [0.5, 0.6) is 0 Å². The number of hydrogen-bond donors (Lipinski definition) is 4. The first-order valence-corrected chi connectivity index (χ1v) is 10.7. The molecule has 0 bridgehead atoms. The van der Waals surface area contributed by atoms with Gasteiger partial charge in [-0.3, -0.25) is 9.11 Å². The minimum atomic E-state index is -6.61. The summed E-state index contributed by atoms with van der Waals surface area (Å²) in [6, 6.07) is 0. The van der Waals surface area contributed by atoms with Crippen molar-refractivity contribution in [3.05, 3.63) is 0 Å². The summed E-state index contributed by atoms with van der Waals surface area (Å²) in [4.78, 5) is 0. The molecule has 24 heteroatoms. The van der Waals surface area contributed by atoms with Gasteiger partial charge in [0.05, 0.1) is 12.7 Å². The van der Waals surface area contributed by atoms with Gasteiger partial charge >= 0.3 is 36.0 Å². The molecule has 0 saturated heterocycles. The van der Waals surface area contributed by atoms with Crippen molar-refractivity contribution in [3.8, 4) is 0 Å². The van der Waals surface area contributed by atoms with Gasteiger partial charge in [-0.1, -0.05) is 0 Å². The number of alkyl halides is 14. The molecule has 0 fully saturated rings. The highest BCUT2D eigenvalue weighted by atomic mass is 32.2. The van der Waals surface area contributed by atoms with E-state index in [1.165, 1.54) is 6.92 Å². The molecule has 0 amide bonds. The van der Waals surface area contributed by atoms with Gasteiger partial charge in [-0.2, -0.15) is 78.3 Å². The average molecular weight is 604 g/mol. The van der Waals surface area contributed by atoms with Crippen LogP contribution in [0.25, 0.3) is 0 Å². The van der Waals surface area contributed by atoms with Gasteiger partial charge < -0.3 is 10.2 Å². The predicted molar refractivity (Wildman–Crippen MR) is 83.5 cm³/mol. The molecule has 0 heterocycles. The lowest BCUT2D eigenvalue weighted by Gasteiger charge is -2.26. The van der Waals surface area contributed by atoms with E-state index in [1.54, 1.807) is 0 Å². The molecule has 0 aliphatic carbocycles. The molecule has 0 aliphatic heterocycles. The van der Waals surface area contributed by atoms with Crippen molar-refractivity contribution >= 4 is 20.2 Å². The number of halogens is 14. The Morgan fingerprint density at radius 1 is 0.600 bits per heavy atom. The van der Waals surface area contributed by atoms with Crippen LogP contribution in [-0.4, -0.2) is 96.4 Å². The molecule has 0 aromatic rings. The second-order valence-corrected chi connectivity index (χ2v) is 8.94. The molecule has 0 aromatic carbocycles. The van der Waals surface area contributed by atoms with Crippen molar-refractivity contribution in [2.75, 3.05) is 18.1 Å². The molecule has 0 rings (SSSR count). The van der Waals surface area contributed by atoms with Crippen LogP contribution in [0.1, 0.15) is 6.92 Å². The summed E-state index contributed by atoms with van der Waals surface area (Å²) >= 11 is 0. The summed E-state index contributed by atoms with van der Waals surface area (Å²) in [5.74, 6) is -30.9. The Morgan fingerprint density at radius 3 is 0.857 bits per heavy atom. The zero-order valence-corrected chi connectivity index (χ0v) is 17.9. The van der Waals surface area contributed by atoms with E-state index in [1.807, 2.05) is 0 Å². The fourth-order valence-corrected chi connectivity index (χ4v) is 2.33. The maximum Gasteiger partial charge on any atom is 0.459 e. The van der Waals surface area contributed by atoms with Crippen molar-refractivity contribution in [2.24, 2.45) is 0 Å². The SMILES string of the molecule is CC(O)CO.O=S(=O)(O)CC(F)(F)C(F)(F)C(F)(F)F.O=S(=O)(O)CC(F)(F)C(F)(F)C(F)(F)F. The Morgan fingerprint density at radius 2 is 0.771 bits per heavy atom. The van der Waals surface area contributed by atoms with E-state index in [4.69, 9.17) is 19.3 Å². The van der Waals surface area contributed by atoms with Crippen LogP contribution in [-0.2, 0) is 20.2 Å². The Labute approximate surface area is 186 Å². The first-order valence-electron chi connectivity index (χ1n) is 7.52. The summed E-state index contributed by atoms with van der Waals surface area (Å²) in [5, 5.41) is 16.0. The third-order valence-electron chi connectivity index (χ3n) is 2.62. The molecular weight excluding hydrogens is 590 g/mol. The van der Waals surface area contributed by atoms with Crippen molar-refractivity contribution in [3.63, 3.8) is 0 Å². The van der Waals surface area contributed by atoms with Gasteiger partial charge in [0.1, 0.15) is 11.5 Å². The van der Waals surface area contributed by atoms with Crippen LogP contribution in [0.15, 0.2) is 0 Å². The Bertz CT molecular complexity index is 794. The maximum absolute atomic E-state index is 12.2. The van der Waals surface area contributed by atoms with Crippen molar-refractivity contribution in [1.29, 1.82) is 0 Å². The van der Waals surface area contributed by atoms with Crippen molar-refractivity contribution < 1.29 is 97.6 Å². The van der Waals surface area contributed by atoms with Crippen molar-refractivity contribution in [2.45, 2.75) is 49.1 Å². The van der Waals surface area contributed by atoms with Gasteiger partial charge in [-0.15, -0.1) is 0 Å². The smallest absolute Gasteiger partial charge is 0.394 e. The zero-order valence-electron chi connectivity index (χ0n) is 16.2. The van der Waals surface area contributed by atoms with E-state index in [9.17, 15) is 78.3 Å². The highest BCUT2D eigenvalue weighted by Crippen LogP contribution is 2.47. The molecule has 216 valence electrons. The molecule has 4 N–H and O–H groups in total. The molecule has 1 atom stereocenters. The van der Waals surface area contributed by atoms with Gasteiger partial charge in [0.15, 0.2) is 0 Å². The van der Waals surface area contributed by atoms with Crippen LogP contribution < -0.4 is 0 Å². The van der Waals surface area contributed by atoms with E-state index in [2.05, 4.69) is 0 Å². The standard InChI is InChI=1S/2C4H3F7O3S.C3H8O2/c2*5-2(6,1-15(12,13)14)3(7,8)4(9,10)11;1-3(5)2-4/h2*1H2,(H,12,13,14);3-5H,2H2,1H3. The van der Waals surface area contributed by atoms with Crippen LogP contribution in [0, 0.1) is 0 Å². The van der Waals surface area contributed by atoms with E-state index in [-0.39, 0.29) is 6.61 Å². The lowest BCUT2D eigenvalue weighted by molar-refractivity contribution is -0.348.